The standard InChI is InChI=1S/C13H15N3O2/c1-3-10-6-5-7-11(8-10)16-9-12(14-15-16)13(17)18-4-2/h5-9H,3-4H2,1-2H3. The van der Waals surface area contributed by atoms with Gasteiger partial charge < -0.3 is 4.74 Å². The van der Waals surface area contributed by atoms with E-state index in [1.54, 1.807) is 17.8 Å². The van der Waals surface area contributed by atoms with Crippen LogP contribution in [0.15, 0.2) is 30.5 Å². The Bertz CT molecular complexity index is 549. The largest absolute Gasteiger partial charge is 0.461 e. The van der Waals surface area contributed by atoms with Gasteiger partial charge in [0.1, 0.15) is 0 Å². The Hall–Kier alpha value is -2.17. The van der Waals surface area contributed by atoms with E-state index in [0.29, 0.717) is 6.61 Å². The van der Waals surface area contributed by atoms with Gasteiger partial charge in [-0.3, -0.25) is 0 Å². The highest BCUT2D eigenvalue weighted by atomic mass is 16.5. The van der Waals surface area contributed by atoms with E-state index < -0.39 is 5.97 Å². The van der Waals surface area contributed by atoms with Crippen LogP contribution in [0.2, 0.25) is 0 Å². The monoisotopic (exact) mass is 245 g/mol. The van der Waals surface area contributed by atoms with Gasteiger partial charge in [0, 0.05) is 0 Å². The van der Waals surface area contributed by atoms with Gasteiger partial charge in [-0.25, -0.2) is 9.48 Å². The predicted octanol–water partition coefficient (Wildman–Crippen LogP) is 2.01. The maximum Gasteiger partial charge on any atom is 0.360 e. The normalized spacial score (nSPS) is 10.3. The lowest BCUT2D eigenvalue weighted by molar-refractivity contribution is 0.0519. The second-order valence-electron chi connectivity index (χ2n) is 3.79. The van der Waals surface area contributed by atoms with Crippen molar-refractivity contribution in [3.63, 3.8) is 0 Å². The first kappa shape index (κ1) is 12.3. The molecule has 0 aliphatic heterocycles. The molecule has 0 bridgehead atoms. The highest BCUT2D eigenvalue weighted by Gasteiger charge is 2.12. The van der Waals surface area contributed by atoms with Gasteiger partial charge in [-0.2, -0.15) is 0 Å². The number of nitrogens with zero attached hydrogens (tertiary/aromatic N) is 3. The molecule has 0 saturated carbocycles. The Morgan fingerprint density at radius 2 is 2.22 bits per heavy atom. The maximum atomic E-state index is 11.5. The molecule has 5 heteroatoms. The quantitative estimate of drug-likeness (QED) is 0.773. The zero-order chi connectivity index (χ0) is 13.0. The number of aryl methyl sites for hydroxylation is 1. The van der Waals surface area contributed by atoms with Gasteiger partial charge >= 0.3 is 5.97 Å². The molecule has 0 radical (unpaired) electrons. The molecule has 2 aromatic rings. The van der Waals surface area contributed by atoms with Crippen molar-refractivity contribution in [2.45, 2.75) is 20.3 Å². The van der Waals surface area contributed by atoms with Crippen LogP contribution in [0.4, 0.5) is 0 Å². The van der Waals surface area contributed by atoms with Crippen LogP contribution >= 0.6 is 0 Å². The summed E-state index contributed by atoms with van der Waals surface area (Å²) in [6.07, 6.45) is 2.53. The number of benzene rings is 1. The van der Waals surface area contributed by atoms with Gasteiger partial charge in [0.15, 0.2) is 5.69 Å². The van der Waals surface area contributed by atoms with E-state index in [1.165, 1.54) is 5.56 Å². The fourth-order valence-electron chi connectivity index (χ4n) is 1.61. The number of carbonyl (C=O) groups is 1. The van der Waals surface area contributed by atoms with Gasteiger partial charge in [0.2, 0.25) is 0 Å². The molecule has 0 aliphatic rings. The van der Waals surface area contributed by atoms with Crippen molar-refractivity contribution in [2.24, 2.45) is 0 Å². The lowest BCUT2D eigenvalue weighted by Gasteiger charge is -2.02. The molecule has 0 amide bonds. The number of hydrogen-bond donors (Lipinski definition) is 0. The van der Waals surface area contributed by atoms with Crippen LogP contribution in [0.5, 0.6) is 0 Å². The molecule has 1 aromatic carbocycles. The van der Waals surface area contributed by atoms with Gasteiger partial charge in [-0.1, -0.05) is 24.3 Å². The van der Waals surface area contributed by atoms with Crippen molar-refractivity contribution >= 4 is 5.97 Å². The van der Waals surface area contributed by atoms with E-state index in [9.17, 15) is 4.79 Å². The Balaban J connectivity index is 2.26. The number of rotatable bonds is 4. The molecule has 0 aliphatic carbocycles. The number of carbonyl (C=O) groups excluding carboxylic acids is 1. The number of hydrogen-bond acceptors (Lipinski definition) is 4. The molecule has 2 rings (SSSR count). The average molecular weight is 245 g/mol. The third kappa shape index (κ3) is 2.56. The predicted molar refractivity (Wildman–Crippen MR) is 66.7 cm³/mol. The molecular weight excluding hydrogens is 230 g/mol. The Morgan fingerprint density at radius 3 is 2.94 bits per heavy atom. The Labute approximate surface area is 105 Å². The minimum Gasteiger partial charge on any atom is -0.461 e. The molecule has 94 valence electrons. The lowest BCUT2D eigenvalue weighted by Crippen LogP contribution is -2.04. The summed E-state index contributed by atoms with van der Waals surface area (Å²) in [7, 11) is 0. The first-order valence-corrected chi connectivity index (χ1v) is 5.93. The lowest BCUT2D eigenvalue weighted by atomic mass is 10.1. The summed E-state index contributed by atoms with van der Waals surface area (Å²) in [5.74, 6) is -0.449. The molecule has 0 N–H and O–H groups in total. The van der Waals surface area contributed by atoms with Crippen LogP contribution in [0.25, 0.3) is 5.69 Å². The maximum absolute atomic E-state index is 11.5. The van der Waals surface area contributed by atoms with Crippen molar-refractivity contribution in [3.8, 4) is 5.69 Å². The smallest absolute Gasteiger partial charge is 0.360 e. The van der Waals surface area contributed by atoms with Gasteiger partial charge in [0.25, 0.3) is 0 Å². The SMILES string of the molecule is CCOC(=O)c1cn(-c2cccc(CC)c2)nn1. The van der Waals surface area contributed by atoms with Crippen LogP contribution in [0.1, 0.15) is 29.9 Å². The van der Waals surface area contributed by atoms with E-state index in [0.717, 1.165) is 12.1 Å². The number of ether oxygens (including phenoxy) is 1. The van der Waals surface area contributed by atoms with E-state index in [4.69, 9.17) is 4.74 Å². The molecular formula is C13H15N3O2. The molecule has 0 fully saturated rings. The summed E-state index contributed by atoms with van der Waals surface area (Å²) in [5.41, 5.74) is 2.32. The molecule has 18 heavy (non-hydrogen) atoms. The van der Waals surface area contributed by atoms with Crippen LogP contribution in [0, 0.1) is 0 Å². The fourth-order valence-corrected chi connectivity index (χ4v) is 1.61. The first-order valence-electron chi connectivity index (χ1n) is 5.93. The van der Waals surface area contributed by atoms with Gasteiger partial charge in [0.05, 0.1) is 18.5 Å². The minimum absolute atomic E-state index is 0.221. The highest BCUT2D eigenvalue weighted by Crippen LogP contribution is 2.10. The average Bonchev–Trinajstić information content (AvgIpc) is 2.89. The van der Waals surface area contributed by atoms with Gasteiger partial charge in [-0.15, -0.1) is 5.10 Å². The molecule has 0 spiro atoms. The topological polar surface area (TPSA) is 57.0 Å². The van der Waals surface area contributed by atoms with Crippen LogP contribution in [-0.4, -0.2) is 27.6 Å². The van der Waals surface area contributed by atoms with Crippen molar-refractivity contribution in [3.05, 3.63) is 41.7 Å². The Kier molecular flexibility index (Phi) is 3.72. The summed E-state index contributed by atoms with van der Waals surface area (Å²) in [4.78, 5) is 11.5. The van der Waals surface area contributed by atoms with Crippen molar-refractivity contribution < 1.29 is 9.53 Å². The second-order valence-corrected chi connectivity index (χ2v) is 3.79. The molecule has 0 unspecified atom stereocenters. The summed E-state index contributed by atoms with van der Waals surface area (Å²) in [6, 6.07) is 7.94. The molecule has 0 atom stereocenters. The third-order valence-electron chi connectivity index (χ3n) is 2.56. The third-order valence-corrected chi connectivity index (χ3v) is 2.56. The zero-order valence-corrected chi connectivity index (χ0v) is 10.5. The van der Waals surface area contributed by atoms with E-state index >= 15 is 0 Å². The van der Waals surface area contributed by atoms with Crippen LogP contribution in [0.3, 0.4) is 0 Å². The molecule has 1 heterocycles. The van der Waals surface area contributed by atoms with E-state index in [1.807, 2.05) is 24.3 Å². The molecule has 1 aromatic heterocycles. The summed E-state index contributed by atoms with van der Waals surface area (Å²) in [5, 5.41) is 7.74. The number of aromatic nitrogens is 3. The molecule has 0 saturated heterocycles. The van der Waals surface area contributed by atoms with Crippen molar-refractivity contribution in [2.75, 3.05) is 6.61 Å². The Morgan fingerprint density at radius 1 is 1.39 bits per heavy atom. The second kappa shape index (κ2) is 5.44. The highest BCUT2D eigenvalue weighted by molar-refractivity contribution is 5.86. The van der Waals surface area contributed by atoms with E-state index in [2.05, 4.69) is 17.2 Å². The van der Waals surface area contributed by atoms with Crippen molar-refractivity contribution in [1.82, 2.24) is 15.0 Å². The first-order chi connectivity index (χ1) is 8.74. The number of esters is 1. The summed E-state index contributed by atoms with van der Waals surface area (Å²) in [6.45, 7) is 4.18. The fraction of sp³-hybridized carbons (Fsp3) is 0.308. The zero-order valence-electron chi connectivity index (χ0n) is 10.5. The van der Waals surface area contributed by atoms with Crippen LogP contribution in [-0.2, 0) is 11.2 Å². The van der Waals surface area contributed by atoms with E-state index in [-0.39, 0.29) is 5.69 Å². The summed E-state index contributed by atoms with van der Waals surface area (Å²) < 4.78 is 6.44. The van der Waals surface area contributed by atoms with Gasteiger partial charge in [-0.05, 0) is 31.0 Å². The molecule has 5 nitrogen and oxygen atoms in total. The van der Waals surface area contributed by atoms with Crippen LogP contribution < -0.4 is 0 Å². The van der Waals surface area contributed by atoms with Crippen molar-refractivity contribution in [1.29, 1.82) is 0 Å². The minimum atomic E-state index is -0.449. The summed E-state index contributed by atoms with van der Waals surface area (Å²) >= 11 is 0.